The average molecular weight is 639 g/mol. The van der Waals surface area contributed by atoms with Gasteiger partial charge in [-0.15, -0.1) is 0 Å². The fourth-order valence-corrected chi connectivity index (χ4v) is 4.90. The third-order valence-electron chi connectivity index (χ3n) is 7.29. The fourth-order valence-electron chi connectivity index (χ4n) is 4.90. The van der Waals surface area contributed by atoms with Crippen molar-refractivity contribution in [3.63, 3.8) is 0 Å². The Labute approximate surface area is 264 Å². The van der Waals surface area contributed by atoms with Crippen LogP contribution in [0.25, 0.3) is 17.2 Å². The Bertz CT molecular complexity index is 1650. The number of alkyl halides is 5. The smallest absolute Gasteiger partial charge is 0.426 e. The highest BCUT2D eigenvalue weighted by molar-refractivity contribution is 5.87. The third kappa shape index (κ3) is 10.1. The number of carbonyl (C=O) groups is 1. The predicted octanol–water partition coefficient (Wildman–Crippen LogP) is 9.38. The number of aryl methyl sites for hydroxylation is 2. The highest BCUT2D eigenvalue weighted by Crippen LogP contribution is 2.33. The first kappa shape index (κ1) is 34.0. The molecule has 0 aliphatic rings. The lowest BCUT2D eigenvalue weighted by Crippen LogP contribution is -2.21. The summed E-state index contributed by atoms with van der Waals surface area (Å²) in [6.45, 7) is 1.92. The molecule has 0 amide bonds. The van der Waals surface area contributed by atoms with Crippen LogP contribution in [-0.4, -0.2) is 12.1 Å². The van der Waals surface area contributed by atoms with E-state index in [0.717, 1.165) is 27.8 Å². The summed E-state index contributed by atoms with van der Waals surface area (Å²) in [5.41, 5.74) is 17.5. The van der Waals surface area contributed by atoms with E-state index in [1.54, 1.807) is 18.2 Å². The number of carbonyl (C=O) groups excluding carboxylic acids is 1. The molecule has 0 aliphatic heterocycles. The van der Waals surface area contributed by atoms with E-state index in [9.17, 15) is 26.7 Å². The van der Waals surface area contributed by atoms with Crippen molar-refractivity contribution in [1.82, 2.24) is 0 Å². The molecule has 0 fully saturated rings. The van der Waals surface area contributed by atoms with Crippen LogP contribution in [-0.2, 0) is 28.7 Å². The Morgan fingerprint density at radius 1 is 0.783 bits per heavy atom. The molecule has 0 saturated heterocycles. The minimum atomic E-state index is -4.17. The zero-order chi connectivity index (χ0) is 33.3. The summed E-state index contributed by atoms with van der Waals surface area (Å²) in [6, 6.07) is 22.3. The number of esters is 1. The molecule has 0 atom stereocenters. The van der Waals surface area contributed by atoms with E-state index in [1.807, 2.05) is 25.1 Å². The van der Waals surface area contributed by atoms with Gasteiger partial charge >= 0.3 is 18.3 Å². The van der Waals surface area contributed by atoms with Crippen molar-refractivity contribution in [2.24, 2.45) is 0 Å². The molecule has 46 heavy (non-hydrogen) atoms. The maximum atomic E-state index is 14.8. The monoisotopic (exact) mass is 638 g/mol. The van der Waals surface area contributed by atoms with E-state index < -0.39 is 24.7 Å². The summed E-state index contributed by atoms with van der Waals surface area (Å²) in [6.07, 6.45) is -4.38. The van der Waals surface area contributed by atoms with Crippen LogP contribution in [0.2, 0.25) is 0 Å². The minimum Gasteiger partial charge on any atom is -0.458 e. The van der Waals surface area contributed by atoms with Crippen molar-refractivity contribution in [2.45, 2.75) is 57.9 Å². The summed E-state index contributed by atoms with van der Waals surface area (Å²) in [5, 5.41) is 0. The van der Waals surface area contributed by atoms with Gasteiger partial charge in [0.1, 0.15) is 12.4 Å². The highest BCUT2D eigenvalue weighted by atomic mass is 19.4. The van der Waals surface area contributed by atoms with Gasteiger partial charge in [0.2, 0.25) is 0 Å². The highest BCUT2D eigenvalue weighted by Gasteiger charge is 2.34. The minimum absolute atomic E-state index is 0.0157. The van der Waals surface area contributed by atoms with E-state index in [1.165, 1.54) is 60.7 Å². The largest absolute Gasteiger partial charge is 0.458 e. The van der Waals surface area contributed by atoms with Crippen LogP contribution in [0.3, 0.4) is 0 Å². The van der Waals surface area contributed by atoms with E-state index in [0.29, 0.717) is 36.2 Å². The maximum Gasteiger partial charge on any atom is 0.426 e. The quantitative estimate of drug-likeness (QED) is 0.0501. The summed E-state index contributed by atoms with van der Waals surface area (Å²) in [7, 11) is 0. The Morgan fingerprint density at radius 3 is 2.09 bits per heavy atom. The van der Waals surface area contributed by atoms with Crippen molar-refractivity contribution in [3.8, 4) is 16.9 Å². The van der Waals surface area contributed by atoms with Crippen LogP contribution in [0, 0.1) is 6.92 Å². The van der Waals surface area contributed by atoms with Gasteiger partial charge in [-0.1, -0.05) is 42.8 Å². The molecule has 0 saturated carbocycles. The van der Waals surface area contributed by atoms with Crippen LogP contribution in [0.5, 0.6) is 5.75 Å². The normalized spacial score (nSPS) is 12.0. The average Bonchev–Trinajstić information content (AvgIpc) is 2.99. The molecule has 4 aromatic carbocycles. The molecule has 0 spiro atoms. The van der Waals surface area contributed by atoms with E-state index in [2.05, 4.69) is 0 Å². The van der Waals surface area contributed by atoms with Gasteiger partial charge in [-0.05, 0) is 114 Å². The number of nitrogen functional groups attached to an aromatic ring is 2. The maximum absolute atomic E-state index is 14.8. The van der Waals surface area contributed by atoms with Crippen LogP contribution in [0.4, 0.5) is 33.3 Å². The second-order valence-corrected chi connectivity index (χ2v) is 11.0. The molecule has 0 heterocycles. The zero-order valence-corrected chi connectivity index (χ0v) is 25.2. The van der Waals surface area contributed by atoms with Gasteiger partial charge in [-0.25, -0.2) is 4.79 Å². The van der Waals surface area contributed by atoms with E-state index in [-0.39, 0.29) is 24.3 Å². The first-order valence-corrected chi connectivity index (χ1v) is 14.7. The van der Waals surface area contributed by atoms with Gasteiger partial charge in [0.05, 0.1) is 5.56 Å². The first-order valence-electron chi connectivity index (χ1n) is 14.7. The summed E-state index contributed by atoms with van der Waals surface area (Å²) in [5.74, 6) is -0.676. The molecule has 4 N–H and O–H groups in total. The van der Waals surface area contributed by atoms with Gasteiger partial charge in [-0.3, -0.25) is 0 Å². The summed E-state index contributed by atoms with van der Waals surface area (Å²) < 4.78 is 76.7. The number of benzene rings is 4. The molecule has 0 aromatic heterocycles. The van der Waals surface area contributed by atoms with Crippen molar-refractivity contribution in [2.75, 3.05) is 11.5 Å². The summed E-state index contributed by atoms with van der Waals surface area (Å²) >= 11 is 0. The number of hydrogen-bond acceptors (Lipinski definition) is 5. The van der Waals surface area contributed by atoms with Crippen LogP contribution >= 0.6 is 0 Å². The van der Waals surface area contributed by atoms with Gasteiger partial charge < -0.3 is 20.9 Å². The molecular formula is C36H35F5N2O3. The molecule has 5 nitrogen and oxygen atoms in total. The van der Waals surface area contributed by atoms with Gasteiger partial charge in [0.25, 0.3) is 0 Å². The van der Waals surface area contributed by atoms with Crippen molar-refractivity contribution in [1.29, 1.82) is 0 Å². The SMILES string of the molecule is Cc1cc(N)ccc1-c1ccc(N)cc1COC(=O)/C=C/c1ccc(OC(F)(F)c2ccc(CCCCCC(F)(F)F)cc2)cc1. The topological polar surface area (TPSA) is 87.6 Å². The van der Waals surface area contributed by atoms with Crippen LogP contribution < -0.4 is 16.2 Å². The predicted molar refractivity (Wildman–Crippen MR) is 170 cm³/mol. The van der Waals surface area contributed by atoms with Crippen molar-refractivity contribution < 1.29 is 36.2 Å². The number of hydrogen-bond donors (Lipinski definition) is 2. The van der Waals surface area contributed by atoms with Crippen molar-refractivity contribution >= 4 is 23.4 Å². The fraction of sp³-hybridized carbons (Fsp3) is 0.250. The molecule has 242 valence electrons. The lowest BCUT2D eigenvalue weighted by Gasteiger charge is -2.18. The molecule has 4 rings (SSSR count). The number of rotatable bonds is 13. The summed E-state index contributed by atoms with van der Waals surface area (Å²) in [4.78, 5) is 12.5. The van der Waals surface area contributed by atoms with Crippen LogP contribution in [0.15, 0.2) is 91.0 Å². The van der Waals surface area contributed by atoms with Gasteiger partial charge in [-0.2, -0.15) is 22.0 Å². The Kier molecular flexibility index (Phi) is 11.1. The first-order chi connectivity index (χ1) is 21.8. The molecule has 10 heteroatoms. The molecule has 0 bridgehead atoms. The number of unbranched alkanes of at least 4 members (excludes halogenated alkanes) is 2. The third-order valence-corrected chi connectivity index (χ3v) is 7.29. The Hall–Kier alpha value is -4.86. The Balaban J connectivity index is 1.29. The molecule has 4 aromatic rings. The lowest BCUT2D eigenvalue weighted by molar-refractivity contribution is -0.185. The molecule has 0 unspecified atom stereocenters. The van der Waals surface area contributed by atoms with Gasteiger partial charge in [0.15, 0.2) is 0 Å². The van der Waals surface area contributed by atoms with Gasteiger partial charge in [0, 0.05) is 23.9 Å². The number of anilines is 2. The zero-order valence-electron chi connectivity index (χ0n) is 25.2. The molecule has 0 radical (unpaired) electrons. The van der Waals surface area contributed by atoms with Crippen LogP contribution in [0.1, 0.15) is 53.5 Å². The second-order valence-electron chi connectivity index (χ2n) is 11.0. The standard InChI is InChI=1S/C36H35F5N2O3/c1-24-21-29(42)13-17-32(24)33-18-14-30(43)22-27(33)23-45-34(44)19-10-26-8-15-31(16-9-26)46-36(40,41)28-11-6-25(7-12-28)5-3-2-4-20-35(37,38)39/h6-19,21-22H,2-5,20,23,42-43H2,1H3/b19-10+. The lowest BCUT2D eigenvalue weighted by atomic mass is 9.95. The van der Waals surface area contributed by atoms with E-state index in [4.69, 9.17) is 20.9 Å². The number of ether oxygens (including phenoxy) is 2. The molecule has 0 aliphatic carbocycles. The van der Waals surface area contributed by atoms with Crippen molar-refractivity contribution in [3.05, 3.63) is 119 Å². The molecular weight excluding hydrogens is 603 g/mol. The Morgan fingerprint density at radius 2 is 1.43 bits per heavy atom. The number of halogens is 5. The van der Waals surface area contributed by atoms with E-state index >= 15 is 0 Å². The number of nitrogens with two attached hydrogens (primary N) is 2. The second kappa shape index (κ2) is 14.9.